The Morgan fingerprint density at radius 1 is 1.00 bits per heavy atom. The predicted molar refractivity (Wildman–Crippen MR) is 107 cm³/mol. The minimum absolute atomic E-state index is 0.187. The van der Waals surface area contributed by atoms with Gasteiger partial charge in [-0.25, -0.2) is 4.39 Å². The molecule has 0 aliphatic carbocycles. The van der Waals surface area contributed by atoms with Crippen LogP contribution >= 0.6 is 0 Å². The molecule has 0 atom stereocenters. The molecule has 1 aliphatic rings. The summed E-state index contributed by atoms with van der Waals surface area (Å²) in [7, 11) is 3.91. The molecule has 3 rings (SSSR count). The van der Waals surface area contributed by atoms with E-state index in [4.69, 9.17) is 4.98 Å². The number of halogens is 1. The van der Waals surface area contributed by atoms with Crippen LogP contribution in [0.15, 0.2) is 24.3 Å². The largest absolute Gasteiger partial charge is 0.347 e. The van der Waals surface area contributed by atoms with Crippen molar-refractivity contribution in [1.29, 1.82) is 0 Å². The monoisotopic (exact) mass is 372 g/mol. The van der Waals surface area contributed by atoms with E-state index >= 15 is 0 Å². The summed E-state index contributed by atoms with van der Waals surface area (Å²) in [4.78, 5) is 20.5. The Bertz CT molecular complexity index is 720. The van der Waals surface area contributed by atoms with Gasteiger partial charge in [0.15, 0.2) is 0 Å². The molecule has 27 heavy (non-hydrogen) atoms. The van der Waals surface area contributed by atoms with E-state index in [0.717, 1.165) is 56.5 Å². The van der Waals surface area contributed by atoms with Crippen molar-refractivity contribution in [3.8, 4) is 0 Å². The van der Waals surface area contributed by atoms with Gasteiger partial charge in [0.1, 0.15) is 11.6 Å². The lowest BCUT2D eigenvalue weighted by atomic mass is 10.2. The first-order valence-electron chi connectivity index (χ1n) is 9.57. The zero-order valence-corrected chi connectivity index (χ0v) is 16.7. The van der Waals surface area contributed by atoms with E-state index in [1.807, 2.05) is 31.1 Å². The number of aromatic nitrogens is 3. The second-order valence-corrected chi connectivity index (χ2v) is 7.59. The van der Waals surface area contributed by atoms with Crippen LogP contribution in [0.3, 0.4) is 0 Å². The van der Waals surface area contributed by atoms with Crippen LogP contribution in [-0.2, 0) is 6.54 Å². The van der Waals surface area contributed by atoms with Crippen LogP contribution in [0.2, 0.25) is 0 Å². The minimum atomic E-state index is -0.187. The normalized spacial score (nSPS) is 15.9. The van der Waals surface area contributed by atoms with Gasteiger partial charge in [0.25, 0.3) is 0 Å². The maximum Gasteiger partial charge on any atom is 0.230 e. The molecule has 0 bridgehead atoms. The highest BCUT2D eigenvalue weighted by atomic mass is 19.1. The van der Waals surface area contributed by atoms with Crippen molar-refractivity contribution < 1.29 is 4.39 Å². The van der Waals surface area contributed by atoms with Crippen LogP contribution in [0.1, 0.15) is 37.6 Å². The second kappa shape index (κ2) is 8.61. The van der Waals surface area contributed by atoms with Gasteiger partial charge in [-0.1, -0.05) is 26.0 Å². The Balaban J connectivity index is 1.71. The number of benzene rings is 1. The van der Waals surface area contributed by atoms with Gasteiger partial charge < -0.3 is 9.80 Å². The Kier molecular flexibility index (Phi) is 6.21. The summed E-state index contributed by atoms with van der Waals surface area (Å²) in [6.07, 6.45) is 1.04. The topological polar surface area (TPSA) is 48.4 Å². The lowest BCUT2D eigenvalue weighted by Crippen LogP contribution is -2.32. The summed E-state index contributed by atoms with van der Waals surface area (Å²) >= 11 is 0. The first-order chi connectivity index (χ1) is 12.9. The van der Waals surface area contributed by atoms with Crippen molar-refractivity contribution in [3.63, 3.8) is 0 Å². The van der Waals surface area contributed by atoms with Crippen molar-refractivity contribution in [2.24, 2.45) is 0 Å². The molecule has 1 aliphatic heterocycles. The lowest BCUT2D eigenvalue weighted by Gasteiger charge is -2.23. The average Bonchev–Trinajstić information content (AvgIpc) is 2.89. The third-order valence-electron chi connectivity index (χ3n) is 4.74. The van der Waals surface area contributed by atoms with Crippen molar-refractivity contribution in [3.05, 3.63) is 41.5 Å². The second-order valence-electron chi connectivity index (χ2n) is 7.59. The first-order valence-corrected chi connectivity index (χ1v) is 9.57. The van der Waals surface area contributed by atoms with Gasteiger partial charge in [0.2, 0.25) is 11.9 Å². The van der Waals surface area contributed by atoms with Crippen LogP contribution in [0.4, 0.5) is 16.3 Å². The summed E-state index contributed by atoms with van der Waals surface area (Å²) in [6, 6.07) is 6.78. The third kappa shape index (κ3) is 5.13. The molecule has 6 nitrogen and oxygen atoms in total. The van der Waals surface area contributed by atoms with Crippen LogP contribution < -0.4 is 9.80 Å². The van der Waals surface area contributed by atoms with E-state index in [1.54, 1.807) is 0 Å². The quantitative estimate of drug-likeness (QED) is 0.804. The molecule has 2 heterocycles. The fourth-order valence-corrected chi connectivity index (χ4v) is 3.15. The first kappa shape index (κ1) is 19.5. The Labute approximate surface area is 161 Å². The molecular formula is C20H29FN6. The fourth-order valence-electron chi connectivity index (χ4n) is 3.15. The smallest absolute Gasteiger partial charge is 0.230 e. The Morgan fingerprint density at radius 2 is 1.74 bits per heavy atom. The zero-order chi connectivity index (χ0) is 19.4. The van der Waals surface area contributed by atoms with Gasteiger partial charge in [-0.3, -0.25) is 4.90 Å². The Hall–Kier alpha value is -2.28. The number of rotatable bonds is 5. The predicted octanol–water partition coefficient (Wildman–Crippen LogP) is 2.91. The van der Waals surface area contributed by atoms with E-state index < -0.39 is 0 Å². The van der Waals surface area contributed by atoms with Crippen molar-refractivity contribution in [2.45, 2.75) is 32.7 Å². The molecule has 1 aromatic heterocycles. The van der Waals surface area contributed by atoms with Crippen molar-refractivity contribution in [2.75, 3.05) is 50.1 Å². The van der Waals surface area contributed by atoms with Gasteiger partial charge in [0, 0.05) is 52.7 Å². The highest BCUT2D eigenvalue weighted by molar-refractivity contribution is 5.38. The fraction of sp³-hybridized carbons (Fsp3) is 0.550. The molecule has 7 heteroatoms. The highest BCUT2D eigenvalue weighted by Crippen LogP contribution is 2.19. The van der Waals surface area contributed by atoms with E-state index in [9.17, 15) is 4.39 Å². The molecule has 0 amide bonds. The summed E-state index contributed by atoms with van der Waals surface area (Å²) in [5, 5.41) is 0. The average molecular weight is 372 g/mol. The van der Waals surface area contributed by atoms with Crippen LogP contribution in [0.5, 0.6) is 0 Å². The molecule has 0 N–H and O–H groups in total. The van der Waals surface area contributed by atoms with Gasteiger partial charge in [-0.05, 0) is 24.1 Å². The SMILES string of the molecule is CC(C)c1nc(N(C)C)nc(N2CCCN(Cc3ccc(F)cc3)CC2)n1. The van der Waals surface area contributed by atoms with E-state index in [0.29, 0.717) is 5.95 Å². The summed E-state index contributed by atoms with van der Waals surface area (Å²) in [6.45, 7) is 8.78. The summed E-state index contributed by atoms with van der Waals surface area (Å²) in [5.74, 6) is 2.37. The lowest BCUT2D eigenvalue weighted by molar-refractivity contribution is 0.285. The van der Waals surface area contributed by atoms with Gasteiger partial charge in [0.05, 0.1) is 0 Å². The highest BCUT2D eigenvalue weighted by Gasteiger charge is 2.20. The van der Waals surface area contributed by atoms with Gasteiger partial charge in [-0.15, -0.1) is 0 Å². The van der Waals surface area contributed by atoms with Gasteiger partial charge >= 0.3 is 0 Å². The molecular weight excluding hydrogens is 343 g/mol. The maximum absolute atomic E-state index is 13.1. The molecule has 1 saturated heterocycles. The standard InChI is InChI=1S/C20H29FN6/c1-15(2)18-22-19(25(3)4)24-20(23-18)27-11-5-10-26(12-13-27)14-16-6-8-17(21)9-7-16/h6-9,15H,5,10-14H2,1-4H3. The van der Waals surface area contributed by atoms with Crippen LogP contribution in [0.25, 0.3) is 0 Å². The van der Waals surface area contributed by atoms with E-state index in [1.165, 1.54) is 12.1 Å². The van der Waals surface area contributed by atoms with E-state index in [2.05, 4.69) is 33.6 Å². The number of hydrogen-bond acceptors (Lipinski definition) is 6. The summed E-state index contributed by atoms with van der Waals surface area (Å²) in [5.41, 5.74) is 1.14. The maximum atomic E-state index is 13.1. The molecule has 146 valence electrons. The zero-order valence-electron chi connectivity index (χ0n) is 16.7. The van der Waals surface area contributed by atoms with Crippen molar-refractivity contribution >= 4 is 11.9 Å². The Morgan fingerprint density at radius 3 is 2.41 bits per heavy atom. The third-order valence-corrected chi connectivity index (χ3v) is 4.74. The molecule has 0 saturated carbocycles. The molecule has 1 aromatic carbocycles. The minimum Gasteiger partial charge on any atom is -0.347 e. The molecule has 1 fully saturated rings. The van der Waals surface area contributed by atoms with Gasteiger partial charge in [-0.2, -0.15) is 15.0 Å². The number of anilines is 2. The molecule has 0 radical (unpaired) electrons. The summed E-state index contributed by atoms with van der Waals surface area (Å²) < 4.78 is 13.1. The molecule has 0 unspecified atom stereocenters. The molecule has 2 aromatic rings. The number of nitrogens with zero attached hydrogens (tertiary/aromatic N) is 6. The molecule has 0 spiro atoms. The van der Waals surface area contributed by atoms with E-state index in [-0.39, 0.29) is 11.7 Å². The van der Waals surface area contributed by atoms with Crippen molar-refractivity contribution in [1.82, 2.24) is 19.9 Å². The van der Waals surface area contributed by atoms with Crippen LogP contribution in [0, 0.1) is 5.82 Å². The number of hydrogen-bond donors (Lipinski definition) is 0. The van der Waals surface area contributed by atoms with Crippen LogP contribution in [-0.4, -0.2) is 60.1 Å².